The Kier molecular flexibility index (Phi) is 6.59. The van der Waals surface area contributed by atoms with Crippen LogP contribution in [-0.2, 0) is 9.47 Å². The van der Waals surface area contributed by atoms with E-state index < -0.39 is 0 Å². The Morgan fingerprint density at radius 3 is 2.84 bits per heavy atom. The van der Waals surface area contributed by atoms with Gasteiger partial charge in [0.15, 0.2) is 0 Å². The van der Waals surface area contributed by atoms with Gasteiger partial charge in [0, 0.05) is 45.0 Å². The maximum Gasteiger partial charge on any atom is 0.225 e. The Morgan fingerprint density at radius 1 is 1.20 bits per heavy atom. The standard InChI is InChI=1S/C19H26N4O2/c1-24-11-6-10-20-18-13-17(15-7-3-2-4-8-15)22-19(23-18)21-14-16-9-5-12-25-16/h2-4,7-8,13,16H,5-6,9-12,14H2,1H3,(H2,20,21,22,23). The van der Waals surface area contributed by atoms with Gasteiger partial charge >= 0.3 is 0 Å². The fourth-order valence-corrected chi connectivity index (χ4v) is 2.82. The minimum absolute atomic E-state index is 0.252. The van der Waals surface area contributed by atoms with E-state index in [-0.39, 0.29) is 6.10 Å². The summed E-state index contributed by atoms with van der Waals surface area (Å²) in [6.45, 7) is 3.13. The largest absolute Gasteiger partial charge is 0.385 e. The SMILES string of the molecule is COCCCNc1cc(-c2ccccc2)nc(NCC2CCCO2)n1. The van der Waals surface area contributed by atoms with E-state index in [0.29, 0.717) is 5.95 Å². The number of hydrogen-bond acceptors (Lipinski definition) is 6. The van der Waals surface area contributed by atoms with Gasteiger partial charge in [0.2, 0.25) is 5.95 Å². The lowest BCUT2D eigenvalue weighted by Gasteiger charge is -2.13. The second kappa shape index (κ2) is 9.34. The van der Waals surface area contributed by atoms with Crippen LogP contribution in [-0.4, -0.2) is 49.5 Å². The smallest absolute Gasteiger partial charge is 0.225 e. The van der Waals surface area contributed by atoms with E-state index in [1.165, 1.54) is 0 Å². The van der Waals surface area contributed by atoms with Gasteiger partial charge in [-0.25, -0.2) is 4.98 Å². The van der Waals surface area contributed by atoms with Crippen LogP contribution in [0.2, 0.25) is 0 Å². The molecule has 2 N–H and O–H groups in total. The summed E-state index contributed by atoms with van der Waals surface area (Å²) < 4.78 is 10.8. The van der Waals surface area contributed by atoms with Crippen molar-refractivity contribution in [1.82, 2.24) is 9.97 Å². The Labute approximate surface area is 149 Å². The molecule has 1 atom stereocenters. The van der Waals surface area contributed by atoms with E-state index in [0.717, 1.165) is 62.6 Å². The third kappa shape index (κ3) is 5.41. The van der Waals surface area contributed by atoms with Gasteiger partial charge in [0.1, 0.15) is 5.82 Å². The van der Waals surface area contributed by atoms with Crippen LogP contribution in [0.15, 0.2) is 36.4 Å². The van der Waals surface area contributed by atoms with Crippen LogP contribution in [0.25, 0.3) is 11.3 Å². The Hall–Kier alpha value is -2.18. The zero-order valence-corrected chi connectivity index (χ0v) is 14.7. The van der Waals surface area contributed by atoms with Gasteiger partial charge in [0.25, 0.3) is 0 Å². The normalized spacial score (nSPS) is 16.8. The Balaban J connectivity index is 1.72. The molecular weight excluding hydrogens is 316 g/mol. The van der Waals surface area contributed by atoms with Gasteiger partial charge in [-0.15, -0.1) is 0 Å². The highest BCUT2D eigenvalue weighted by Gasteiger charge is 2.16. The predicted octanol–water partition coefficient (Wildman–Crippen LogP) is 3.18. The van der Waals surface area contributed by atoms with Crippen molar-refractivity contribution in [3.8, 4) is 11.3 Å². The van der Waals surface area contributed by atoms with Crippen LogP contribution in [0.4, 0.5) is 11.8 Å². The lowest BCUT2D eigenvalue weighted by atomic mass is 10.1. The second-order valence-corrected chi connectivity index (χ2v) is 6.12. The summed E-state index contributed by atoms with van der Waals surface area (Å²) in [4.78, 5) is 9.25. The number of hydrogen-bond donors (Lipinski definition) is 2. The lowest BCUT2D eigenvalue weighted by molar-refractivity contribution is 0.120. The minimum atomic E-state index is 0.252. The van der Waals surface area contributed by atoms with Crippen LogP contribution in [0.5, 0.6) is 0 Å². The van der Waals surface area contributed by atoms with Gasteiger partial charge in [-0.05, 0) is 19.3 Å². The van der Waals surface area contributed by atoms with Crippen molar-refractivity contribution in [3.63, 3.8) is 0 Å². The summed E-state index contributed by atoms with van der Waals surface area (Å²) in [5.74, 6) is 1.45. The Morgan fingerprint density at radius 2 is 2.08 bits per heavy atom. The number of aromatic nitrogens is 2. The average Bonchev–Trinajstić information content (AvgIpc) is 3.18. The summed E-state index contributed by atoms with van der Waals surface area (Å²) in [6.07, 6.45) is 3.40. The van der Waals surface area contributed by atoms with Crippen LogP contribution in [0.3, 0.4) is 0 Å². The lowest BCUT2D eigenvalue weighted by Crippen LogP contribution is -2.20. The molecule has 1 aliphatic heterocycles. The van der Waals surface area contributed by atoms with Crippen LogP contribution >= 0.6 is 0 Å². The highest BCUT2D eigenvalue weighted by Crippen LogP contribution is 2.21. The second-order valence-electron chi connectivity index (χ2n) is 6.12. The number of anilines is 2. The van der Waals surface area contributed by atoms with Crippen molar-refractivity contribution in [2.75, 3.05) is 44.0 Å². The van der Waals surface area contributed by atoms with Crippen molar-refractivity contribution >= 4 is 11.8 Å². The minimum Gasteiger partial charge on any atom is -0.385 e. The molecule has 0 aliphatic carbocycles. The summed E-state index contributed by atoms with van der Waals surface area (Å²) >= 11 is 0. The Bertz CT molecular complexity index is 645. The van der Waals surface area contributed by atoms with E-state index in [1.54, 1.807) is 7.11 Å². The van der Waals surface area contributed by atoms with E-state index in [1.807, 2.05) is 24.3 Å². The quantitative estimate of drug-likeness (QED) is 0.682. The van der Waals surface area contributed by atoms with E-state index in [2.05, 4.69) is 32.7 Å². The molecule has 0 saturated carbocycles. The molecule has 1 aromatic heterocycles. The van der Waals surface area contributed by atoms with Crippen molar-refractivity contribution in [2.24, 2.45) is 0 Å². The van der Waals surface area contributed by atoms with E-state index >= 15 is 0 Å². The summed E-state index contributed by atoms with van der Waals surface area (Å²) in [5.41, 5.74) is 1.98. The topological polar surface area (TPSA) is 68.3 Å². The molecule has 0 radical (unpaired) electrons. The molecule has 1 unspecified atom stereocenters. The van der Waals surface area contributed by atoms with Gasteiger partial charge in [-0.3, -0.25) is 0 Å². The number of ether oxygens (including phenoxy) is 2. The molecule has 0 amide bonds. The molecule has 134 valence electrons. The van der Waals surface area contributed by atoms with Crippen LogP contribution in [0, 0.1) is 0 Å². The number of rotatable bonds is 9. The zero-order valence-electron chi connectivity index (χ0n) is 14.7. The summed E-state index contributed by atoms with van der Waals surface area (Å²) in [5, 5.41) is 6.68. The first-order valence-corrected chi connectivity index (χ1v) is 8.88. The maximum atomic E-state index is 5.66. The van der Waals surface area contributed by atoms with Crippen molar-refractivity contribution < 1.29 is 9.47 Å². The van der Waals surface area contributed by atoms with Gasteiger partial charge in [0.05, 0.1) is 11.8 Å². The van der Waals surface area contributed by atoms with Gasteiger partial charge in [-0.1, -0.05) is 30.3 Å². The molecule has 6 heteroatoms. The number of nitrogens with zero attached hydrogens (tertiary/aromatic N) is 2. The molecule has 1 aromatic carbocycles. The molecule has 1 aliphatic rings. The third-order valence-electron chi connectivity index (χ3n) is 4.14. The van der Waals surface area contributed by atoms with Crippen molar-refractivity contribution in [3.05, 3.63) is 36.4 Å². The van der Waals surface area contributed by atoms with E-state index in [9.17, 15) is 0 Å². The fourth-order valence-electron chi connectivity index (χ4n) is 2.82. The maximum absolute atomic E-state index is 5.66. The van der Waals surface area contributed by atoms with Crippen LogP contribution in [0.1, 0.15) is 19.3 Å². The molecule has 1 saturated heterocycles. The highest BCUT2D eigenvalue weighted by molar-refractivity contribution is 5.64. The van der Waals surface area contributed by atoms with E-state index in [4.69, 9.17) is 9.47 Å². The first-order chi connectivity index (χ1) is 12.3. The third-order valence-corrected chi connectivity index (χ3v) is 4.14. The summed E-state index contributed by atoms with van der Waals surface area (Å²) in [7, 11) is 1.71. The van der Waals surface area contributed by atoms with Crippen LogP contribution < -0.4 is 10.6 Å². The zero-order chi connectivity index (χ0) is 17.3. The molecule has 0 spiro atoms. The fraction of sp³-hybridized carbons (Fsp3) is 0.474. The first-order valence-electron chi connectivity index (χ1n) is 8.88. The number of methoxy groups -OCH3 is 1. The average molecular weight is 342 g/mol. The first kappa shape index (κ1) is 17.6. The molecule has 25 heavy (non-hydrogen) atoms. The van der Waals surface area contributed by atoms with Crippen molar-refractivity contribution in [2.45, 2.75) is 25.4 Å². The predicted molar refractivity (Wildman–Crippen MR) is 99.9 cm³/mol. The highest BCUT2D eigenvalue weighted by atomic mass is 16.5. The number of nitrogens with one attached hydrogen (secondary N) is 2. The molecule has 6 nitrogen and oxygen atoms in total. The molecular formula is C19H26N4O2. The van der Waals surface area contributed by atoms with Gasteiger partial charge in [-0.2, -0.15) is 4.98 Å². The molecule has 3 rings (SSSR count). The summed E-state index contributed by atoms with van der Waals surface area (Å²) in [6, 6.07) is 12.1. The monoisotopic (exact) mass is 342 g/mol. The van der Waals surface area contributed by atoms with Crippen molar-refractivity contribution in [1.29, 1.82) is 0 Å². The molecule has 1 fully saturated rings. The molecule has 0 bridgehead atoms. The number of benzene rings is 1. The van der Waals surface area contributed by atoms with Gasteiger partial charge < -0.3 is 20.1 Å². The molecule has 2 aromatic rings. The molecule has 2 heterocycles.